The fourth-order valence-electron chi connectivity index (χ4n) is 2.29. The molecule has 0 amide bonds. The van der Waals surface area contributed by atoms with Gasteiger partial charge < -0.3 is 15.0 Å². The number of nitrogens with one attached hydrogen (secondary N) is 1. The first kappa shape index (κ1) is 17.0. The minimum Gasteiger partial charge on any atom is -0.496 e. The zero-order chi connectivity index (χ0) is 15.0. The van der Waals surface area contributed by atoms with Crippen molar-refractivity contribution < 1.29 is 4.74 Å². The summed E-state index contributed by atoms with van der Waals surface area (Å²) in [5, 5.41) is 3.46. The Bertz CT molecular complexity index is 379. The molecule has 0 bridgehead atoms. The van der Waals surface area contributed by atoms with Gasteiger partial charge in [0.1, 0.15) is 5.75 Å². The number of likely N-dealkylation sites (N-methyl/N-ethyl adjacent to an activating group) is 1. The number of methoxy groups -OCH3 is 1. The standard InChI is InChI=1S/C17H30N2O/c1-14(2)18-11-8-12-19(4)15(3)13-16-9-6-7-10-17(16)20-5/h6-7,9-10,14-15,18H,8,11-13H2,1-5H3. The molecule has 3 nitrogen and oxygen atoms in total. The van der Waals surface area contributed by atoms with E-state index in [1.807, 2.05) is 12.1 Å². The van der Waals surface area contributed by atoms with E-state index in [0.29, 0.717) is 12.1 Å². The largest absolute Gasteiger partial charge is 0.496 e. The highest BCUT2D eigenvalue weighted by atomic mass is 16.5. The topological polar surface area (TPSA) is 24.5 Å². The van der Waals surface area contributed by atoms with Gasteiger partial charge in [-0.05, 0) is 51.5 Å². The highest BCUT2D eigenvalue weighted by Crippen LogP contribution is 2.20. The molecule has 1 N–H and O–H groups in total. The molecule has 0 saturated heterocycles. The van der Waals surface area contributed by atoms with E-state index < -0.39 is 0 Å². The third kappa shape index (κ3) is 5.93. The number of benzene rings is 1. The molecule has 1 aromatic rings. The molecule has 1 atom stereocenters. The molecular weight excluding hydrogens is 248 g/mol. The summed E-state index contributed by atoms with van der Waals surface area (Å²) in [6.07, 6.45) is 2.21. The lowest BCUT2D eigenvalue weighted by Gasteiger charge is -2.25. The van der Waals surface area contributed by atoms with Crippen LogP contribution in [0.4, 0.5) is 0 Å². The average Bonchev–Trinajstić information content (AvgIpc) is 2.43. The number of rotatable bonds is 9. The van der Waals surface area contributed by atoms with Crippen molar-refractivity contribution in [3.8, 4) is 5.75 Å². The number of hydrogen-bond acceptors (Lipinski definition) is 3. The predicted octanol–water partition coefficient (Wildman–Crippen LogP) is 2.95. The second-order valence-electron chi connectivity index (χ2n) is 5.81. The first-order valence-corrected chi connectivity index (χ1v) is 7.60. The first-order chi connectivity index (χ1) is 9.54. The van der Waals surface area contributed by atoms with Crippen molar-refractivity contribution in [2.75, 3.05) is 27.2 Å². The molecule has 0 saturated carbocycles. The Kier molecular flexibility index (Phi) is 7.63. The fourth-order valence-corrected chi connectivity index (χ4v) is 2.29. The Labute approximate surface area is 124 Å². The molecule has 0 aliphatic carbocycles. The highest BCUT2D eigenvalue weighted by Gasteiger charge is 2.12. The van der Waals surface area contributed by atoms with Crippen LogP contribution in [0.5, 0.6) is 5.75 Å². The number of nitrogens with zero attached hydrogens (tertiary/aromatic N) is 1. The third-order valence-corrected chi connectivity index (χ3v) is 3.70. The lowest BCUT2D eigenvalue weighted by Crippen LogP contribution is -2.34. The quantitative estimate of drug-likeness (QED) is 0.703. The summed E-state index contributed by atoms with van der Waals surface area (Å²) in [6, 6.07) is 9.39. The molecule has 1 aromatic carbocycles. The van der Waals surface area contributed by atoms with Crippen LogP contribution in [-0.4, -0.2) is 44.2 Å². The van der Waals surface area contributed by atoms with Crippen molar-refractivity contribution in [2.24, 2.45) is 0 Å². The molecule has 3 heteroatoms. The van der Waals surface area contributed by atoms with Crippen LogP contribution in [0.15, 0.2) is 24.3 Å². The molecule has 1 unspecified atom stereocenters. The van der Waals surface area contributed by atoms with Gasteiger partial charge in [0, 0.05) is 12.1 Å². The Hall–Kier alpha value is -1.06. The molecule has 20 heavy (non-hydrogen) atoms. The molecule has 0 heterocycles. The van der Waals surface area contributed by atoms with Crippen LogP contribution in [0.3, 0.4) is 0 Å². The van der Waals surface area contributed by atoms with E-state index in [-0.39, 0.29) is 0 Å². The first-order valence-electron chi connectivity index (χ1n) is 7.60. The average molecular weight is 278 g/mol. The van der Waals surface area contributed by atoms with E-state index in [2.05, 4.69) is 50.2 Å². The maximum atomic E-state index is 5.42. The normalized spacial score (nSPS) is 12.9. The highest BCUT2D eigenvalue weighted by molar-refractivity contribution is 5.33. The van der Waals surface area contributed by atoms with Crippen LogP contribution in [0.1, 0.15) is 32.8 Å². The van der Waals surface area contributed by atoms with E-state index in [1.54, 1.807) is 7.11 Å². The van der Waals surface area contributed by atoms with Crippen LogP contribution < -0.4 is 10.1 Å². The Balaban J connectivity index is 2.39. The molecule has 0 radical (unpaired) electrons. The second-order valence-corrected chi connectivity index (χ2v) is 5.81. The Morgan fingerprint density at radius 2 is 1.90 bits per heavy atom. The smallest absolute Gasteiger partial charge is 0.122 e. The Morgan fingerprint density at radius 3 is 2.55 bits per heavy atom. The van der Waals surface area contributed by atoms with Crippen LogP contribution in [-0.2, 0) is 6.42 Å². The van der Waals surface area contributed by atoms with Gasteiger partial charge in [-0.2, -0.15) is 0 Å². The maximum Gasteiger partial charge on any atom is 0.122 e. The van der Waals surface area contributed by atoms with Gasteiger partial charge in [0.05, 0.1) is 7.11 Å². The summed E-state index contributed by atoms with van der Waals surface area (Å²) in [4.78, 5) is 2.43. The number of para-hydroxylation sites is 1. The fraction of sp³-hybridized carbons (Fsp3) is 0.647. The van der Waals surface area contributed by atoms with Crippen molar-refractivity contribution in [1.29, 1.82) is 0 Å². The van der Waals surface area contributed by atoms with Gasteiger partial charge in [-0.3, -0.25) is 0 Å². The summed E-state index contributed by atoms with van der Waals surface area (Å²) in [7, 11) is 3.94. The lowest BCUT2D eigenvalue weighted by molar-refractivity contribution is 0.250. The third-order valence-electron chi connectivity index (χ3n) is 3.70. The van der Waals surface area contributed by atoms with Gasteiger partial charge in [-0.25, -0.2) is 0 Å². The van der Waals surface area contributed by atoms with Crippen LogP contribution in [0.25, 0.3) is 0 Å². The monoisotopic (exact) mass is 278 g/mol. The minimum atomic E-state index is 0.519. The molecule has 0 aliphatic rings. The summed E-state index contributed by atoms with van der Waals surface area (Å²) in [5.74, 6) is 0.995. The number of hydrogen-bond donors (Lipinski definition) is 1. The molecule has 114 valence electrons. The van der Waals surface area contributed by atoms with Gasteiger partial charge >= 0.3 is 0 Å². The van der Waals surface area contributed by atoms with Crippen molar-refractivity contribution in [3.63, 3.8) is 0 Å². The van der Waals surface area contributed by atoms with E-state index >= 15 is 0 Å². The van der Waals surface area contributed by atoms with Crippen LogP contribution >= 0.6 is 0 Å². The predicted molar refractivity (Wildman–Crippen MR) is 86.5 cm³/mol. The Morgan fingerprint density at radius 1 is 1.20 bits per heavy atom. The van der Waals surface area contributed by atoms with Crippen LogP contribution in [0, 0.1) is 0 Å². The zero-order valence-corrected chi connectivity index (χ0v) is 13.6. The maximum absolute atomic E-state index is 5.42. The van der Waals surface area contributed by atoms with Crippen molar-refractivity contribution >= 4 is 0 Å². The summed E-state index contributed by atoms with van der Waals surface area (Å²) in [5.41, 5.74) is 1.29. The van der Waals surface area contributed by atoms with Gasteiger partial charge in [-0.1, -0.05) is 32.0 Å². The molecule has 0 aromatic heterocycles. The summed E-state index contributed by atoms with van der Waals surface area (Å²) >= 11 is 0. The molecular formula is C17H30N2O. The van der Waals surface area contributed by atoms with E-state index in [4.69, 9.17) is 4.74 Å². The van der Waals surface area contributed by atoms with Crippen LogP contribution in [0.2, 0.25) is 0 Å². The van der Waals surface area contributed by atoms with E-state index in [0.717, 1.165) is 25.3 Å². The van der Waals surface area contributed by atoms with Gasteiger partial charge in [0.15, 0.2) is 0 Å². The van der Waals surface area contributed by atoms with E-state index in [9.17, 15) is 0 Å². The minimum absolute atomic E-state index is 0.519. The SMILES string of the molecule is COc1ccccc1CC(C)N(C)CCCNC(C)C. The van der Waals surface area contributed by atoms with Gasteiger partial charge in [0.2, 0.25) is 0 Å². The zero-order valence-electron chi connectivity index (χ0n) is 13.6. The molecule has 0 aliphatic heterocycles. The van der Waals surface area contributed by atoms with Gasteiger partial charge in [-0.15, -0.1) is 0 Å². The summed E-state index contributed by atoms with van der Waals surface area (Å²) in [6.45, 7) is 8.86. The van der Waals surface area contributed by atoms with Crippen molar-refractivity contribution in [3.05, 3.63) is 29.8 Å². The number of ether oxygens (including phenoxy) is 1. The van der Waals surface area contributed by atoms with Crippen molar-refractivity contribution in [1.82, 2.24) is 10.2 Å². The molecule has 1 rings (SSSR count). The lowest BCUT2D eigenvalue weighted by atomic mass is 10.0. The molecule has 0 fully saturated rings. The van der Waals surface area contributed by atoms with Gasteiger partial charge in [0.25, 0.3) is 0 Å². The second kappa shape index (κ2) is 8.98. The van der Waals surface area contributed by atoms with E-state index in [1.165, 1.54) is 12.0 Å². The van der Waals surface area contributed by atoms with Crippen molar-refractivity contribution in [2.45, 2.75) is 45.7 Å². The summed E-state index contributed by atoms with van der Waals surface area (Å²) < 4.78 is 5.42. The molecule has 0 spiro atoms.